The Balaban J connectivity index is 1.24. The van der Waals surface area contributed by atoms with Crippen LogP contribution >= 0.6 is 0 Å². The SMILES string of the molecule is CC(=O)N1CCC([NH+]2C[C@@H]3C[C@H](C2)c2ccc(NC(=O)NC4CCCCC4)c(=O)n2C3)CC1. The molecular formula is C25H38N5O3+. The van der Waals surface area contributed by atoms with Gasteiger partial charge in [0.15, 0.2) is 0 Å². The third-order valence-electron chi connectivity index (χ3n) is 8.45. The Hall–Kier alpha value is -2.35. The van der Waals surface area contributed by atoms with E-state index < -0.39 is 0 Å². The van der Waals surface area contributed by atoms with Gasteiger partial charge in [-0.3, -0.25) is 9.59 Å². The normalized spacial score (nSPS) is 28.2. The van der Waals surface area contributed by atoms with Crippen LogP contribution < -0.4 is 21.1 Å². The first kappa shape index (κ1) is 22.4. The van der Waals surface area contributed by atoms with Crippen molar-refractivity contribution in [1.29, 1.82) is 0 Å². The van der Waals surface area contributed by atoms with Crippen molar-refractivity contribution in [3.05, 3.63) is 28.2 Å². The topological polar surface area (TPSA) is 87.9 Å². The molecule has 2 saturated heterocycles. The van der Waals surface area contributed by atoms with E-state index in [1.54, 1.807) is 17.9 Å². The average Bonchev–Trinajstić information content (AvgIpc) is 2.82. The molecule has 3 atom stereocenters. The number of anilines is 1. The molecule has 1 aliphatic carbocycles. The van der Waals surface area contributed by atoms with Crippen molar-refractivity contribution >= 4 is 17.6 Å². The molecule has 3 amide bonds. The molecule has 4 aliphatic rings. The van der Waals surface area contributed by atoms with E-state index in [9.17, 15) is 14.4 Å². The van der Waals surface area contributed by atoms with Gasteiger partial charge in [-0.1, -0.05) is 19.3 Å². The van der Waals surface area contributed by atoms with Crippen LogP contribution in [-0.4, -0.2) is 59.7 Å². The van der Waals surface area contributed by atoms with Gasteiger partial charge >= 0.3 is 6.03 Å². The number of pyridine rings is 1. The summed E-state index contributed by atoms with van der Waals surface area (Å²) in [4.78, 5) is 41.0. The number of nitrogens with one attached hydrogen (secondary N) is 3. The summed E-state index contributed by atoms with van der Waals surface area (Å²) in [5.74, 6) is 1.06. The number of aromatic nitrogens is 1. The van der Waals surface area contributed by atoms with Gasteiger partial charge in [-0.15, -0.1) is 0 Å². The van der Waals surface area contributed by atoms with Gasteiger partial charge in [0, 0.05) is 63.0 Å². The van der Waals surface area contributed by atoms with Crippen molar-refractivity contribution in [3.63, 3.8) is 0 Å². The number of nitrogens with zero attached hydrogens (tertiary/aromatic N) is 2. The van der Waals surface area contributed by atoms with E-state index in [1.807, 2.05) is 9.47 Å². The molecule has 3 aliphatic heterocycles. The number of rotatable bonds is 3. The Kier molecular flexibility index (Phi) is 6.45. The molecule has 1 unspecified atom stereocenters. The van der Waals surface area contributed by atoms with Gasteiger partial charge in [-0.25, -0.2) is 4.79 Å². The molecule has 8 heteroatoms. The van der Waals surface area contributed by atoms with Crippen LogP contribution in [0.4, 0.5) is 10.5 Å². The first-order chi connectivity index (χ1) is 16.0. The van der Waals surface area contributed by atoms with Crippen molar-refractivity contribution < 1.29 is 14.5 Å². The van der Waals surface area contributed by atoms with Crippen molar-refractivity contribution in [2.24, 2.45) is 5.92 Å². The lowest BCUT2D eigenvalue weighted by Gasteiger charge is -2.45. The Morgan fingerprint density at radius 2 is 1.79 bits per heavy atom. The highest BCUT2D eigenvalue weighted by atomic mass is 16.2. The molecule has 0 aromatic carbocycles. The maximum Gasteiger partial charge on any atom is 0.319 e. The van der Waals surface area contributed by atoms with Crippen molar-refractivity contribution in [1.82, 2.24) is 14.8 Å². The minimum atomic E-state index is -0.261. The second-order valence-electron chi connectivity index (χ2n) is 10.7. The molecule has 3 fully saturated rings. The zero-order valence-corrected chi connectivity index (χ0v) is 19.8. The van der Waals surface area contributed by atoms with Crippen molar-refractivity contribution in [3.8, 4) is 0 Å². The van der Waals surface area contributed by atoms with E-state index in [0.717, 1.165) is 83.4 Å². The third kappa shape index (κ3) is 4.81. The van der Waals surface area contributed by atoms with Crippen LogP contribution in [-0.2, 0) is 11.3 Å². The van der Waals surface area contributed by atoms with Crippen LogP contribution in [0.3, 0.4) is 0 Å². The summed E-state index contributed by atoms with van der Waals surface area (Å²) in [5, 5.41) is 5.87. The summed E-state index contributed by atoms with van der Waals surface area (Å²) in [5.41, 5.74) is 1.43. The molecule has 1 aromatic heterocycles. The van der Waals surface area contributed by atoms with Gasteiger partial charge in [-0.2, -0.15) is 0 Å². The van der Waals surface area contributed by atoms with E-state index in [0.29, 0.717) is 23.6 Å². The fourth-order valence-electron chi connectivity index (χ4n) is 6.72. The zero-order chi connectivity index (χ0) is 22.9. The lowest BCUT2D eigenvalue weighted by molar-refractivity contribution is -0.937. The lowest BCUT2D eigenvalue weighted by atomic mass is 9.82. The predicted octanol–water partition coefficient (Wildman–Crippen LogP) is 1.32. The van der Waals surface area contributed by atoms with Crippen LogP contribution in [0.2, 0.25) is 0 Å². The number of quaternary nitrogens is 1. The number of fused-ring (bicyclic) bond motifs is 4. The molecule has 4 heterocycles. The second kappa shape index (κ2) is 9.49. The van der Waals surface area contributed by atoms with Crippen LogP contribution in [0.25, 0.3) is 0 Å². The molecule has 0 radical (unpaired) electrons. The fraction of sp³-hybridized carbons (Fsp3) is 0.720. The Bertz CT molecular complexity index is 946. The highest BCUT2D eigenvalue weighted by Gasteiger charge is 2.41. The third-order valence-corrected chi connectivity index (χ3v) is 8.45. The molecule has 8 nitrogen and oxygen atoms in total. The lowest BCUT2D eigenvalue weighted by Crippen LogP contribution is -3.18. The largest absolute Gasteiger partial charge is 0.342 e. The summed E-state index contributed by atoms with van der Waals surface area (Å²) < 4.78 is 1.92. The summed E-state index contributed by atoms with van der Waals surface area (Å²) >= 11 is 0. The minimum absolute atomic E-state index is 0.0702. The molecule has 2 bridgehead atoms. The van der Waals surface area contributed by atoms with E-state index >= 15 is 0 Å². The molecular weight excluding hydrogens is 418 g/mol. The number of hydrogen-bond acceptors (Lipinski definition) is 3. The monoisotopic (exact) mass is 456 g/mol. The average molecular weight is 457 g/mol. The number of urea groups is 1. The quantitative estimate of drug-likeness (QED) is 0.641. The molecule has 180 valence electrons. The maximum absolute atomic E-state index is 13.2. The van der Waals surface area contributed by atoms with Gasteiger partial charge in [0.1, 0.15) is 5.69 Å². The van der Waals surface area contributed by atoms with Gasteiger partial charge in [0.25, 0.3) is 5.56 Å². The summed E-state index contributed by atoms with van der Waals surface area (Å²) in [6.45, 7) is 6.28. The van der Waals surface area contributed by atoms with Gasteiger partial charge in [0.05, 0.1) is 19.1 Å². The Morgan fingerprint density at radius 1 is 1.03 bits per heavy atom. The van der Waals surface area contributed by atoms with Gasteiger partial charge < -0.3 is 25.0 Å². The van der Waals surface area contributed by atoms with E-state index in [1.165, 1.54) is 6.42 Å². The fourth-order valence-corrected chi connectivity index (χ4v) is 6.72. The molecule has 1 aromatic rings. The van der Waals surface area contributed by atoms with Crippen LogP contribution in [0, 0.1) is 5.92 Å². The molecule has 5 rings (SSSR count). The number of likely N-dealkylation sites (tertiary alicyclic amines) is 2. The maximum atomic E-state index is 13.2. The Morgan fingerprint density at radius 3 is 2.52 bits per heavy atom. The van der Waals surface area contributed by atoms with E-state index in [4.69, 9.17) is 0 Å². The van der Waals surface area contributed by atoms with Crippen LogP contribution in [0.5, 0.6) is 0 Å². The first-order valence-corrected chi connectivity index (χ1v) is 12.9. The van der Waals surface area contributed by atoms with Crippen LogP contribution in [0.1, 0.15) is 69.9 Å². The smallest absolute Gasteiger partial charge is 0.319 e. The van der Waals surface area contributed by atoms with E-state index in [2.05, 4.69) is 16.7 Å². The molecule has 1 saturated carbocycles. The number of carbonyl (C=O) groups excluding carboxylic acids is 2. The molecule has 3 N–H and O–H groups in total. The standard InChI is InChI=1S/C25H37N5O3/c1-17(31)28-11-9-21(10-12-28)29-14-18-13-19(16-29)23-8-7-22(24(32)30(23)15-18)27-25(33)26-20-5-3-2-4-6-20/h7-8,18-21H,2-6,9-16H2,1H3,(H2,26,27,33)/p+1/t18-,19+/m0/s1. The van der Waals surface area contributed by atoms with E-state index in [-0.39, 0.29) is 23.5 Å². The number of piperidine rings is 2. The van der Waals surface area contributed by atoms with Gasteiger partial charge in [-0.05, 0) is 31.4 Å². The van der Waals surface area contributed by atoms with Gasteiger partial charge in [0.2, 0.25) is 5.91 Å². The molecule has 33 heavy (non-hydrogen) atoms. The summed E-state index contributed by atoms with van der Waals surface area (Å²) in [7, 11) is 0. The number of carbonyl (C=O) groups is 2. The zero-order valence-electron chi connectivity index (χ0n) is 19.8. The first-order valence-electron chi connectivity index (χ1n) is 12.9. The van der Waals surface area contributed by atoms with Crippen molar-refractivity contribution in [2.45, 2.75) is 82.8 Å². The van der Waals surface area contributed by atoms with Crippen molar-refractivity contribution in [2.75, 3.05) is 31.5 Å². The summed E-state index contributed by atoms with van der Waals surface area (Å²) in [6.07, 6.45) is 8.88. The van der Waals surface area contributed by atoms with Crippen LogP contribution in [0.15, 0.2) is 16.9 Å². The highest BCUT2D eigenvalue weighted by Crippen LogP contribution is 2.31. The minimum Gasteiger partial charge on any atom is -0.342 e. The molecule has 0 spiro atoms. The number of hydrogen-bond donors (Lipinski definition) is 3. The number of amides is 3. The predicted molar refractivity (Wildman–Crippen MR) is 127 cm³/mol. The second-order valence-corrected chi connectivity index (χ2v) is 10.7. The summed E-state index contributed by atoms with van der Waals surface area (Å²) in [6, 6.07) is 4.42. The Labute approximate surface area is 195 Å². The highest BCUT2D eigenvalue weighted by molar-refractivity contribution is 5.89.